The van der Waals surface area contributed by atoms with Crippen LogP contribution in [0.2, 0.25) is 5.02 Å². The van der Waals surface area contributed by atoms with Crippen molar-refractivity contribution in [1.29, 1.82) is 0 Å². The maximum atomic E-state index is 11.2. The van der Waals surface area contributed by atoms with Crippen molar-refractivity contribution in [3.8, 4) is 0 Å². The van der Waals surface area contributed by atoms with E-state index in [0.29, 0.717) is 17.3 Å². The van der Waals surface area contributed by atoms with Crippen molar-refractivity contribution in [1.82, 2.24) is 4.90 Å². The van der Waals surface area contributed by atoms with Crippen LogP contribution in [-0.4, -0.2) is 55.9 Å². The van der Waals surface area contributed by atoms with E-state index >= 15 is 0 Å². The quantitative estimate of drug-likeness (QED) is 0.616. The summed E-state index contributed by atoms with van der Waals surface area (Å²) < 4.78 is 22.4. The summed E-state index contributed by atoms with van der Waals surface area (Å²) in [6.07, 6.45) is 2.99. The first-order valence-corrected chi connectivity index (χ1v) is 9.79. The Kier molecular flexibility index (Phi) is 5.83. The number of nitro groups is 1. The largest absolute Gasteiger partial charge is 0.381 e. The fourth-order valence-corrected chi connectivity index (χ4v) is 3.37. The zero-order valence-corrected chi connectivity index (χ0v) is 14.4. The molecule has 1 aliphatic heterocycles. The number of nitrogens with zero attached hydrogens (tertiary/aromatic N) is 2. The van der Waals surface area contributed by atoms with E-state index in [-0.39, 0.29) is 17.5 Å². The van der Waals surface area contributed by atoms with Crippen LogP contribution in [0.3, 0.4) is 0 Å². The number of benzene rings is 1. The number of sulfone groups is 1. The minimum atomic E-state index is -2.93. The summed E-state index contributed by atoms with van der Waals surface area (Å²) in [5.74, 6) is 0.180. The van der Waals surface area contributed by atoms with E-state index in [1.165, 1.54) is 18.4 Å². The highest BCUT2D eigenvalue weighted by molar-refractivity contribution is 7.90. The first-order valence-electron chi connectivity index (χ1n) is 7.35. The summed E-state index contributed by atoms with van der Waals surface area (Å²) in [4.78, 5) is 12.4. The standard InChI is InChI=1S/C14H20ClN3O4S/c1-23(21,22)9-8-17-6-4-11(5-7-17)16-14-3-2-12(18(19)20)10-13(14)15/h2-3,10-11,16H,4-9H2,1H3. The molecule has 0 unspecified atom stereocenters. The lowest BCUT2D eigenvalue weighted by Gasteiger charge is -2.32. The maximum absolute atomic E-state index is 11.2. The number of halogens is 1. The topological polar surface area (TPSA) is 92.6 Å². The van der Waals surface area contributed by atoms with Crippen molar-refractivity contribution < 1.29 is 13.3 Å². The number of hydrogen-bond donors (Lipinski definition) is 1. The second-order valence-corrected chi connectivity index (χ2v) is 8.48. The molecule has 1 aromatic carbocycles. The SMILES string of the molecule is CS(=O)(=O)CCN1CCC(Nc2ccc([N+](=O)[O-])cc2Cl)CC1. The number of likely N-dealkylation sites (tertiary alicyclic amines) is 1. The lowest BCUT2D eigenvalue weighted by molar-refractivity contribution is -0.384. The molecule has 1 N–H and O–H groups in total. The molecule has 1 heterocycles. The first-order chi connectivity index (χ1) is 10.7. The number of nitrogens with one attached hydrogen (secondary N) is 1. The lowest BCUT2D eigenvalue weighted by Crippen LogP contribution is -2.41. The molecule has 0 aromatic heterocycles. The summed E-state index contributed by atoms with van der Waals surface area (Å²) >= 11 is 6.08. The zero-order valence-electron chi connectivity index (χ0n) is 12.9. The van der Waals surface area contributed by atoms with Crippen molar-refractivity contribution >= 4 is 32.8 Å². The fourth-order valence-electron chi connectivity index (χ4n) is 2.55. The molecule has 0 atom stereocenters. The van der Waals surface area contributed by atoms with Gasteiger partial charge in [-0.25, -0.2) is 8.42 Å². The van der Waals surface area contributed by atoms with Crippen molar-refractivity contribution in [3.63, 3.8) is 0 Å². The third kappa shape index (κ3) is 5.63. The summed E-state index contributed by atoms with van der Waals surface area (Å²) in [7, 11) is -2.93. The van der Waals surface area contributed by atoms with E-state index in [4.69, 9.17) is 11.6 Å². The van der Waals surface area contributed by atoms with Crippen LogP contribution in [-0.2, 0) is 9.84 Å². The van der Waals surface area contributed by atoms with Crippen molar-refractivity contribution in [3.05, 3.63) is 33.3 Å². The normalized spacial score (nSPS) is 17.1. The van der Waals surface area contributed by atoms with Gasteiger partial charge in [-0.05, 0) is 18.9 Å². The maximum Gasteiger partial charge on any atom is 0.271 e. The van der Waals surface area contributed by atoms with E-state index in [0.717, 1.165) is 25.9 Å². The van der Waals surface area contributed by atoms with Gasteiger partial charge >= 0.3 is 0 Å². The van der Waals surface area contributed by atoms with Crippen molar-refractivity contribution in [2.75, 3.05) is 37.0 Å². The number of rotatable bonds is 6. The van der Waals surface area contributed by atoms with Gasteiger partial charge in [-0.3, -0.25) is 10.1 Å². The van der Waals surface area contributed by atoms with Gasteiger partial charge in [0.1, 0.15) is 9.84 Å². The number of anilines is 1. The van der Waals surface area contributed by atoms with Gasteiger partial charge in [0.05, 0.1) is 21.4 Å². The molecule has 128 valence electrons. The predicted octanol–water partition coefficient (Wildman–Crippen LogP) is 2.17. The number of piperidine rings is 1. The third-order valence-corrected chi connectivity index (χ3v) is 5.13. The van der Waals surface area contributed by atoms with Gasteiger partial charge in [0.25, 0.3) is 5.69 Å². The smallest absolute Gasteiger partial charge is 0.271 e. The van der Waals surface area contributed by atoms with E-state index in [1.54, 1.807) is 6.07 Å². The van der Waals surface area contributed by atoms with Gasteiger partial charge in [0.15, 0.2) is 0 Å². The van der Waals surface area contributed by atoms with Gasteiger partial charge in [-0.15, -0.1) is 0 Å². The van der Waals surface area contributed by atoms with Crippen LogP contribution in [0.1, 0.15) is 12.8 Å². The van der Waals surface area contributed by atoms with Gasteiger partial charge in [-0.2, -0.15) is 0 Å². The molecule has 1 saturated heterocycles. The Morgan fingerprint density at radius 3 is 2.57 bits per heavy atom. The second-order valence-electron chi connectivity index (χ2n) is 5.81. The Morgan fingerprint density at radius 1 is 1.39 bits per heavy atom. The molecular weight excluding hydrogens is 342 g/mol. The summed E-state index contributed by atoms with van der Waals surface area (Å²) in [6, 6.07) is 4.61. The van der Waals surface area contributed by atoms with Gasteiger partial charge in [0.2, 0.25) is 0 Å². The van der Waals surface area contributed by atoms with E-state index < -0.39 is 14.8 Å². The second kappa shape index (κ2) is 7.46. The molecule has 7 nitrogen and oxygen atoms in total. The Bertz CT molecular complexity index is 673. The van der Waals surface area contributed by atoms with Crippen LogP contribution >= 0.6 is 11.6 Å². The molecule has 0 saturated carbocycles. The van der Waals surface area contributed by atoms with Crippen molar-refractivity contribution in [2.24, 2.45) is 0 Å². The van der Waals surface area contributed by atoms with Gasteiger partial charge < -0.3 is 10.2 Å². The number of nitro benzene ring substituents is 1. The molecule has 0 amide bonds. The third-order valence-electron chi connectivity index (χ3n) is 3.89. The van der Waals surface area contributed by atoms with Crippen LogP contribution in [0, 0.1) is 10.1 Å². The monoisotopic (exact) mass is 361 g/mol. The van der Waals surface area contributed by atoms with Crippen LogP contribution < -0.4 is 5.32 Å². The first kappa shape index (κ1) is 18.0. The fraction of sp³-hybridized carbons (Fsp3) is 0.571. The van der Waals surface area contributed by atoms with Crippen LogP contribution in [0.5, 0.6) is 0 Å². The highest BCUT2D eigenvalue weighted by Crippen LogP contribution is 2.28. The number of hydrogen-bond acceptors (Lipinski definition) is 6. The molecule has 1 aromatic rings. The molecule has 23 heavy (non-hydrogen) atoms. The molecule has 9 heteroatoms. The van der Waals surface area contributed by atoms with E-state index in [9.17, 15) is 18.5 Å². The molecule has 0 bridgehead atoms. The molecular formula is C14H20ClN3O4S. The minimum Gasteiger partial charge on any atom is -0.381 e. The molecule has 0 radical (unpaired) electrons. The molecule has 1 aliphatic rings. The molecule has 0 spiro atoms. The molecule has 0 aliphatic carbocycles. The predicted molar refractivity (Wildman–Crippen MR) is 90.9 cm³/mol. The van der Waals surface area contributed by atoms with Crippen LogP contribution in [0.25, 0.3) is 0 Å². The highest BCUT2D eigenvalue weighted by atomic mass is 35.5. The summed E-state index contributed by atoms with van der Waals surface area (Å²) in [5, 5.41) is 14.3. The lowest BCUT2D eigenvalue weighted by atomic mass is 10.0. The summed E-state index contributed by atoms with van der Waals surface area (Å²) in [5.41, 5.74) is 0.656. The van der Waals surface area contributed by atoms with Crippen LogP contribution in [0.15, 0.2) is 18.2 Å². The highest BCUT2D eigenvalue weighted by Gasteiger charge is 2.21. The number of non-ortho nitro benzene ring substituents is 1. The van der Waals surface area contributed by atoms with Gasteiger partial charge in [0, 0.05) is 44.1 Å². The molecule has 2 rings (SSSR count). The zero-order chi connectivity index (χ0) is 17.0. The summed E-state index contributed by atoms with van der Waals surface area (Å²) in [6.45, 7) is 2.19. The van der Waals surface area contributed by atoms with E-state index in [2.05, 4.69) is 10.2 Å². The minimum absolute atomic E-state index is 0.0313. The average Bonchev–Trinajstić information content (AvgIpc) is 2.47. The Morgan fingerprint density at radius 2 is 2.04 bits per heavy atom. The molecule has 1 fully saturated rings. The van der Waals surface area contributed by atoms with E-state index in [1.807, 2.05) is 0 Å². The average molecular weight is 362 g/mol. The Labute approximate surface area is 140 Å². The Hall–Kier alpha value is -1.38. The van der Waals surface area contributed by atoms with Gasteiger partial charge in [-0.1, -0.05) is 11.6 Å². The van der Waals surface area contributed by atoms with Crippen LogP contribution in [0.4, 0.5) is 11.4 Å². The van der Waals surface area contributed by atoms with Crippen molar-refractivity contribution in [2.45, 2.75) is 18.9 Å². The Balaban J connectivity index is 1.86.